The van der Waals surface area contributed by atoms with E-state index in [2.05, 4.69) is 33.3 Å². The van der Waals surface area contributed by atoms with E-state index in [9.17, 15) is 0 Å². The number of piperidine rings is 1. The van der Waals surface area contributed by atoms with Crippen LogP contribution >= 0.6 is 0 Å². The number of nitrogens with one attached hydrogen (secondary N) is 1. The highest BCUT2D eigenvalue weighted by Gasteiger charge is 2.19. The fourth-order valence-electron chi connectivity index (χ4n) is 2.64. The van der Waals surface area contributed by atoms with Crippen molar-refractivity contribution in [3.8, 4) is 11.3 Å². The molecule has 1 aliphatic heterocycles. The first-order valence-electron chi connectivity index (χ1n) is 6.92. The maximum atomic E-state index is 5.73. The molecular weight excluding hydrogens is 236 g/mol. The summed E-state index contributed by atoms with van der Waals surface area (Å²) in [5.74, 6) is 1.73. The molecule has 0 saturated carbocycles. The summed E-state index contributed by atoms with van der Waals surface area (Å²) in [7, 11) is 0. The summed E-state index contributed by atoms with van der Waals surface area (Å²) in [6.07, 6.45) is 2.34. The van der Waals surface area contributed by atoms with Gasteiger partial charge in [-0.2, -0.15) is 5.10 Å². The minimum Gasteiger partial charge on any atom is -0.355 e. The van der Waals surface area contributed by atoms with Crippen LogP contribution in [0.2, 0.25) is 0 Å². The van der Waals surface area contributed by atoms with Crippen LogP contribution in [-0.2, 0) is 0 Å². The number of nitrogens with zero attached hydrogens (tertiary/aromatic N) is 2. The lowest BCUT2D eigenvalue weighted by atomic mass is 9.97. The number of benzene rings is 1. The molecule has 4 nitrogen and oxygen atoms in total. The van der Waals surface area contributed by atoms with Gasteiger partial charge in [-0.05, 0) is 30.9 Å². The van der Waals surface area contributed by atoms with Crippen molar-refractivity contribution in [2.75, 3.05) is 24.5 Å². The van der Waals surface area contributed by atoms with E-state index >= 15 is 0 Å². The van der Waals surface area contributed by atoms with Gasteiger partial charge in [0.1, 0.15) is 0 Å². The van der Waals surface area contributed by atoms with Crippen molar-refractivity contribution in [3.63, 3.8) is 0 Å². The zero-order valence-corrected chi connectivity index (χ0v) is 11.0. The Balaban J connectivity index is 1.72. The van der Waals surface area contributed by atoms with Crippen LogP contribution < -0.4 is 10.6 Å². The first kappa shape index (κ1) is 12.2. The van der Waals surface area contributed by atoms with Gasteiger partial charge in [0.25, 0.3) is 0 Å². The Kier molecular flexibility index (Phi) is 3.51. The van der Waals surface area contributed by atoms with Crippen LogP contribution in [0.5, 0.6) is 0 Å². The summed E-state index contributed by atoms with van der Waals surface area (Å²) in [5.41, 5.74) is 7.99. The van der Waals surface area contributed by atoms with Crippen molar-refractivity contribution in [2.24, 2.45) is 11.7 Å². The van der Waals surface area contributed by atoms with E-state index in [-0.39, 0.29) is 0 Å². The fraction of sp³-hybridized carbons (Fsp3) is 0.400. The number of hydrogen-bond acceptors (Lipinski definition) is 3. The largest absolute Gasteiger partial charge is 0.355 e. The van der Waals surface area contributed by atoms with E-state index in [0.717, 1.165) is 31.1 Å². The lowest BCUT2D eigenvalue weighted by molar-refractivity contribution is 0.413. The molecule has 2 aromatic rings. The summed E-state index contributed by atoms with van der Waals surface area (Å²) in [5, 5.41) is 7.56. The molecule has 2 heterocycles. The summed E-state index contributed by atoms with van der Waals surface area (Å²) in [6.45, 7) is 2.92. The molecule has 19 heavy (non-hydrogen) atoms. The zero-order chi connectivity index (χ0) is 13.1. The maximum Gasteiger partial charge on any atom is 0.150 e. The van der Waals surface area contributed by atoms with Crippen molar-refractivity contribution < 1.29 is 0 Å². The smallest absolute Gasteiger partial charge is 0.150 e. The molecule has 0 aliphatic carbocycles. The average molecular weight is 256 g/mol. The van der Waals surface area contributed by atoms with Gasteiger partial charge in [-0.1, -0.05) is 30.3 Å². The normalized spacial score (nSPS) is 16.8. The molecule has 1 aromatic carbocycles. The molecule has 1 aromatic heterocycles. The summed E-state index contributed by atoms with van der Waals surface area (Å²) < 4.78 is 0. The number of aromatic nitrogens is 2. The monoisotopic (exact) mass is 256 g/mol. The van der Waals surface area contributed by atoms with Crippen molar-refractivity contribution in [1.29, 1.82) is 0 Å². The van der Waals surface area contributed by atoms with Gasteiger partial charge in [0.15, 0.2) is 5.82 Å². The highest BCUT2D eigenvalue weighted by molar-refractivity contribution is 5.63. The quantitative estimate of drug-likeness (QED) is 0.885. The molecule has 1 fully saturated rings. The van der Waals surface area contributed by atoms with Gasteiger partial charge >= 0.3 is 0 Å². The van der Waals surface area contributed by atoms with Crippen LogP contribution in [0, 0.1) is 5.92 Å². The molecule has 4 heteroatoms. The van der Waals surface area contributed by atoms with E-state index in [1.165, 1.54) is 18.4 Å². The van der Waals surface area contributed by atoms with E-state index in [4.69, 9.17) is 5.73 Å². The molecule has 100 valence electrons. The van der Waals surface area contributed by atoms with Gasteiger partial charge < -0.3 is 10.6 Å². The average Bonchev–Trinajstić information content (AvgIpc) is 2.98. The van der Waals surface area contributed by atoms with Crippen LogP contribution in [0.25, 0.3) is 11.3 Å². The SMILES string of the molecule is NCC1CCN(c2cc(-c3ccccc3)[nH]n2)CC1. The predicted molar refractivity (Wildman–Crippen MR) is 78.0 cm³/mol. The van der Waals surface area contributed by atoms with Crippen LogP contribution in [0.1, 0.15) is 12.8 Å². The second-order valence-electron chi connectivity index (χ2n) is 5.17. The molecule has 0 amide bonds. The van der Waals surface area contributed by atoms with Crippen molar-refractivity contribution in [1.82, 2.24) is 10.2 Å². The van der Waals surface area contributed by atoms with Crippen molar-refractivity contribution in [2.45, 2.75) is 12.8 Å². The second-order valence-corrected chi connectivity index (χ2v) is 5.17. The Labute approximate surface area is 113 Å². The fourth-order valence-corrected chi connectivity index (χ4v) is 2.64. The minimum atomic E-state index is 0.684. The van der Waals surface area contributed by atoms with Crippen LogP contribution in [0.3, 0.4) is 0 Å². The molecule has 1 aliphatic rings. The standard InChI is InChI=1S/C15H20N4/c16-11-12-6-8-19(9-7-12)15-10-14(17-18-15)13-4-2-1-3-5-13/h1-5,10,12H,6-9,11,16H2,(H,17,18). The lowest BCUT2D eigenvalue weighted by Gasteiger charge is -2.31. The van der Waals surface area contributed by atoms with E-state index in [0.29, 0.717) is 5.92 Å². The molecule has 0 unspecified atom stereocenters. The molecule has 1 saturated heterocycles. The predicted octanol–water partition coefficient (Wildman–Crippen LogP) is 2.25. The van der Waals surface area contributed by atoms with E-state index in [1.54, 1.807) is 0 Å². The van der Waals surface area contributed by atoms with Gasteiger partial charge in [0.2, 0.25) is 0 Å². The molecule has 0 radical (unpaired) electrons. The van der Waals surface area contributed by atoms with Crippen LogP contribution in [0.15, 0.2) is 36.4 Å². The number of hydrogen-bond donors (Lipinski definition) is 2. The number of nitrogens with two attached hydrogens (primary N) is 1. The Morgan fingerprint density at radius 3 is 2.63 bits per heavy atom. The molecule has 0 bridgehead atoms. The van der Waals surface area contributed by atoms with E-state index in [1.807, 2.05) is 18.2 Å². The second kappa shape index (κ2) is 5.45. The van der Waals surface area contributed by atoms with Crippen LogP contribution in [-0.4, -0.2) is 29.8 Å². The third-order valence-electron chi connectivity index (χ3n) is 3.92. The van der Waals surface area contributed by atoms with Crippen molar-refractivity contribution in [3.05, 3.63) is 36.4 Å². The van der Waals surface area contributed by atoms with Gasteiger partial charge in [-0.15, -0.1) is 0 Å². The Morgan fingerprint density at radius 2 is 1.95 bits per heavy atom. The van der Waals surface area contributed by atoms with Crippen LogP contribution in [0.4, 0.5) is 5.82 Å². The summed E-state index contributed by atoms with van der Waals surface area (Å²) >= 11 is 0. The summed E-state index contributed by atoms with van der Waals surface area (Å²) in [4.78, 5) is 2.34. The third-order valence-corrected chi connectivity index (χ3v) is 3.92. The highest BCUT2D eigenvalue weighted by atomic mass is 15.3. The number of rotatable bonds is 3. The van der Waals surface area contributed by atoms with Gasteiger partial charge in [-0.3, -0.25) is 5.10 Å². The highest BCUT2D eigenvalue weighted by Crippen LogP contribution is 2.25. The topological polar surface area (TPSA) is 57.9 Å². The Bertz CT molecular complexity index is 512. The first-order valence-corrected chi connectivity index (χ1v) is 6.92. The summed E-state index contributed by atoms with van der Waals surface area (Å²) in [6, 6.07) is 12.4. The molecule has 3 N–H and O–H groups in total. The maximum absolute atomic E-state index is 5.73. The molecular formula is C15H20N4. The van der Waals surface area contributed by atoms with Crippen molar-refractivity contribution >= 4 is 5.82 Å². The molecule has 0 atom stereocenters. The zero-order valence-electron chi connectivity index (χ0n) is 11.0. The Morgan fingerprint density at radius 1 is 1.21 bits per heavy atom. The lowest BCUT2D eigenvalue weighted by Crippen LogP contribution is -2.36. The van der Waals surface area contributed by atoms with Gasteiger partial charge in [0, 0.05) is 19.2 Å². The van der Waals surface area contributed by atoms with Gasteiger partial charge in [0.05, 0.1) is 5.69 Å². The first-order chi connectivity index (χ1) is 9.36. The molecule has 3 rings (SSSR count). The van der Waals surface area contributed by atoms with Gasteiger partial charge in [-0.25, -0.2) is 0 Å². The number of H-pyrrole nitrogens is 1. The minimum absolute atomic E-state index is 0.684. The number of anilines is 1. The van der Waals surface area contributed by atoms with E-state index < -0.39 is 0 Å². The molecule has 0 spiro atoms. The Hall–Kier alpha value is -1.81. The third kappa shape index (κ3) is 2.63. The number of aromatic amines is 1.